The fraction of sp³-hybridized carbons (Fsp3) is 0. The molecular formula is C49H30N4O. The van der Waals surface area contributed by atoms with Crippen molar-refractivity contribution in [1.82, 2.24) is 19.5 Å². The number of hydrogen-bond donors (Lipinski definition) is 0. The van der Waals surface area contributed by atoms with Crippen LogP contribution in [0.1, 0.15) is 27.4 Å². The van der Waals surface area contributed by atoms with E-state index in [1.807, 2.05) is 0 Å². The largest absolute Gasteiger partial charge is 0.456 e. The van der Waals surface area contributed by atoms with E-state index in [0.717, 1.165) is 4.57 Å². The van der Waals surface area contributed by atoms with Crippen molar-refractivity contribution in [2.24, 2.45) is 0 Å². The summed E-state index contributed by atoms with van der Waals surface area (Å²) in [4.78, 5) is 14.1. The molecule has 0 aliphatic rings. The van der Waals surface area contributed by atoms with Crippen LogP contribution >= 0.6 is 0 Å². The van der Waals surface area contributed by atoms with E-state index in [-0.39, 0.29) is 33.8 Å². The lowest BCUT2D eigenvalue weighted by Crippen LogP contribution is -2.00. The molecule has 0 atom stereocenters. The highest BCUT2D eigenvalue weighted by molar-refractivity contribution is 6.18. The zero-order chi connectivity index (χ0) is 53.0. The minimum atomic E-state index is -0.954. The summed E-state index contributed by atoms with van der Waals surface area (Å²) in [7, 11) is 0. The molecule has 0 unspecified atom stereocenters. The van der Waals surface area contributed by atoms with Crippen molar-refractivity contribution in [1.29, 1.82) is 0 Å². The van der Waals surface area contributed by atoms with Gasteiger partial charge in [-0.3, -0.25) is 0 Å². The van der Waals surface area contributed by atoms with E-state index in [4.69, 9.17) is 30.8 Å². The summed E-state index contributed by atoms with van der Waals surface area (Å²) in [5, 5.41) is -2.23. The first-order valence-electron chi connectivity index (χ1n) is 26.5. The summed E-state index contributed by atoms with van der Waals surface area (Å²) >= 11 is 0. The molecule has 0 bridgehead atoms. The average molecular weight is 711 g/mol. The van der Waals surface area contributed by atoms with E-state index in [1.165, 1.54) is 0 Å². The molecule has 0 amide bonds. The molecule has 0 radical (unpaired) electrons. The van der Waals surface area contributed by atoms with Gasteiger partial charge in [-0.1, -0.05) is 145 Å². The Balaban J connectivity index is 1.23. The normalized spacial score (nSPS) is 16.9. The number of nitrogens with zero attached hydrogens (tertiary/aromatic N) is 4. The molecule has 0 saturated carbocycles. The van der Waals surface area contributed by atoms with Gasteiger partial charge in [0.25, 0.3) is 0 Å². The first-order valence-corrected chi connectivity index (χ1v) is 16.5. The molecule has 11 rings (SSSR count). The second-order valence-corrected chi connectivity index (χ2v) is 12.1. The van der Waals surface area contributed by atoms with Crippen LogP contribution in [0.3, 0.4) is 0 Å². The Morgan fingerprint density at radius 1 is 0.463 bits per heavy atom. The molecule has 11 aromatic rings. The van der Waals surface area contributed by atoms with Crippen LogP contribution < -0.4 is 0 Å². The summed E-state index contributed by atoms with van der Waals surface area (Å²) < 4.78 is 188. The van der Waals surface area contributed by atoms with Crippen LogP contribution in [0.15, 0.2) is 186 Å². The topological polar surface area (TPSA) is 56.7 Å². The second-order valence-electron chi connectivity index (χ2n) is 12.1. The fourth-order valence-electron chi connectivity index (χ4n) is 6.49. The Labute approximate surface area is 338 Å². The van der Waals surface area contributed by atoms with Gasteiger partial charge in [-0.25, -0.2) is 15.0 Å². The Hall–Kier alpha value is -7.37. The van der Waals surface area contributed by atoms with Crippen molar-refractivity contribution < 1.29 is 31.8 Å². The highest BCUT2D eigenvalue weighted by atomic mass is 16.3. The summed E-state index contributed by atoms with van der Waals surface area (Å²) in [5.41, 5.74) is -3.01. The van der Waals surface area contributed by atoms with Crippen molar-refractivity contribution in [2.45, 2.75) is 0 Å². The summed E-state index contributed by atoms with van der Waals surface area (Å²) in [6, 6.07) is 2.11. The van der Waals surface area contributed by atoms with Gasteiger partial charge in [-0.05, 0) is 52.8 Å². The van der Waals surface area contributed by atoms with Gasteiger partial charge in [0, 0.05) is 49.3 Å². The predicted molar refractivity (Wildman–Crippen MR) is 221 cm³/mol. The third-order valence-corrected chi connectivity index (χ3v) is 8.92. The first-order chi connectivity index (χ1) is 35.1. The van der Waals surface area contributed by atoms with Crippen LogP contribution in [0.5, 0.6) is 0 Å². The molecule has 252 valence electrons. The molecule has 0 N–H and O–H groups in total. The van der Waals surface area contributed by atoms with Crippen molar-refractivity contribution in [3.05, 3.63) is 182 Å². The second kappa shape index (κ2) is 12.1. The lowest BCUT2D eigenvalue weighted by atomic mass is 10.0. The lowest BCUT2D eigenvalue weighted by Gasteiger charge is -2.11. The standard InChI is InChI=1S/C49H30N4O/c1-3-13-33(14-4-1)47-50-48(34-15-5-2-6-16-34)52-49(51-47)41-19-11-21-43-45(41)40-29-25-35(30-44(40)54-43)31-22-26-36(27-23-31)53-42-20-10-9-18-38(42)39-28-24-32-12-7-8-17-37(32)46(39)53/h1-30H/i7D,8D,9D,10D,11D,12D,17D,18D,19D,20D,21D,22D,23D,24D,25D,26D,27D,28D,29D,30D. The van der Waals surface area contributed by atoms with Crippen molar-refractivity contribution in [3.63, 3.8) is 0 Å². The van der Waals surface area contributed by atoms with Crippen molar-refractivity contribution >= 4 is 54.5 Å². The van der Waals surface area contributed by atoms with E-state index in [0.29, 0.717) is 11.1 Å². The number of para-hydroxylation sites is 1. The minimum Gasteiger partial charge on any atom is -0.456 e. The van der Waals surface area contributed by atoms with E-state index < -0.39 is 181 Å². The number of aromatic nitrogens is 4. The van der Waals surface area contributed by atoms with Gasteiger partial charge in [0.15, 0.2) is 17.5 Å². The molecule has 0 fully saturated rings. The minimum absolute atomic E-state index is 0.166. The number of benzene rings is 8. The highest BCUT2D eigenvalue weighted by Crippen LogP contribution is 2.40. The number of rotatable bonds is 5. The molecule has 3 heterocycles. The molecule has 8 aromatic carbocycles. The maximum absolute atomic E-state index is 9.56. The lowest BCUT2D eigenvalue weighted by molar-refractivity contribution is 0.669. The molecule has 54 heavy (non-hydrogen) atoms. The zero-order valence-electron chi connectivity index (χ0n) is 47.5. The summed E-state index contributed by atoms with van der Waals surface area (Å²) in [6.45, 7) is 0. The van der Waals surface area contributed by atoms with Gasteiger partial charge in [0.05, 0.1) is 38.4 Å². The van der Waals surface area contributed by atoms with Crippen LogP contribution in [0.2, 0.25) is 0 Å². The summed E-state index contributed by atoms with van der Waals surface area (Å²) in [6.07, 6.45) is 0. The average Bonchev–Trinajstić information content (AvgIpc) is 4.01. The molecule has 0 aliphatic carbocycles. The van der Waals surface area contributed by atoms with Gasteiger partial charge in [0.1, 0.15) is 11.2 Å². The molecule has 5 heteroatoms. The van der Waals surface area contributed by atoms with E-state index >= 15 is 0 Å². The molecule has 5 nitrogen and oxygen atoms in total. The third-order valence-electron chi connectivity index (χ3n) is 8.92. The summed E-state index contributed by atoms with van der Waals surface area (Å²) in [5.74, 6) is 0.160. The molecule has 0 spiro atoms. The maximum atomic E-state index is 9.56. The predicted octanol–water partition coefficient (Wildman–Crippen LogP) is 12.7. The number of hydrogen-bond acceptors (Lipinski definition) is 4. The highest BCUT2D eigenvalue weighted by Gasteiger charge is 2.19. The van der Waals surface area contributed by atoms with E-state index in [1.54, 1.807) is 60.7 Å². The van der Waals surface area contributed by atoms with E-state index in [2.05, 4.69) is 4.98 Å². The van der Waals surface area contributed by atoms with Crippen molar-refractivity contribution in [2.75, 3.05) is 0 Å². The van der Waals surface area contributed by atoms with Gasteiger partial charge in [-0.15, -0.1) is 0 Å². The van der Waals surface area contributed by atoms with Crippen LogP contribution in [-0.2, 0) is 0 Å². The Morgan fingerprint density at radius 2 is 1.11 bits per heavy atom. The van der Waals surface area contributed by atoms with Crippen molar-refractivity contribution in [3.8, 4) is 51.0 Å². The Morgan fingerprint density at radius 3 is 1.87 bits per heavy atom. The van der Waals surface area contributed by atoms with E-state index in [9.17, 15) is 11.0 Å². The third kappa shape index (κ3) is 4.83. The fourth-order valence-corrected chi connectivity index (χ4v) is 6.49. The Kier molecular flexibility index (Phi) is 3.71. The SMILES string of the molecule is [2H]c1c([2H])c(-n2c3c([2H])c([2H])c([2H])c([2H])c3c3c([2H])c([2H])c4c([2H])c([2H])c([2H])c([2H])c4c32)c([2H])c([2H])c1-c1c([2H])c([2H])c2c(oc3c([2H])c([2H])c([2H])c(-c4nc(-c5ccccc5)nc(-c5ccccc5)n4)c32)c1[2H]. The molecule has 3 aromatic heterocycles. The monoisotopic (exact) mass is 710 g/mol. The number of fused-ring (bicyclic) bond motifs is 8. The quantitative estimate of drug-likeness (QED) is 0.178. The van der Waals surface area contributed by atoms with Crippen LogP contribution in [0, 0.1) is 0 Å². The maximum Gasteiger partial charge on any atom is 0.164 e. The van der Waals surface area contributed by atoms with Crippen LogP contribution in [0.25, 0.3) is 105 Å². The first kappa shape index (κ1) is 16.5. The van der Waals surface area contributed by atoms with Gasteiger partial charge in [-0.2, -0.15) is 0 Å². The molecular weight excluding hydrogens is 661 g/mol. The van der Waals surface area contributed by atoms with Crippen LogP contribution in [-0.4, -0.2) is 19.5 Å². The number of furan rings is 1. The molecule has 0 saturated heterocycles. The van der Waals surface area contributed by atoms with Crippen LogP contribution in [0.4, 0.5) is 0 Å². The molecule has 0 aliphatic heterocycles. The van der Waals surface area contributed by atoms with Gasteiger partial charge < -0.3 is 8.98 Å². The van der Waals surface area contributed by atoms with Gasteiger partial charge in [0.2, 0.25) is 0 Å². The zero-order valence-corrected chi connectivity index (χ0v) is 27.5. The van der Waals surface area contributed by atoms with Gasteiger partial charge >= 0.3 is 0 Å². The smallest absolute Gasteiger partial charge is 0.164 e. The Bertz CT molecular complexity index is 4280.